The van der Waals surface area contributed by atoms with E-state index in [1.54, 1.807) is 12.1 Å². The van der Waals surface area contributed by atoms with Crippen LogP contribution in [-0.4, -0.2) is 33.7 Å². The number of carbonyl (C=O) groups is 1. The summed E-state index contributed by atoms with van der Waals surface area (Å²) in [5.74, 6) is -0.169. The van der Waals surface area contributed by atoms with E-state index in [1.807, 2.05) is 6.92 Å². The molecule has 1 fully saturated rings. The number of hydrogen-bond acceptors (Lipinski definition) is 4. The van der Waals surface area contributed by atoms with Gasteiger partial charge in [-0.05, 0) is 24.6 Å². The molecule has 1 amide bonds. The first-order valence-electron chi connectivity index (χ1n) is 6.36. The molecule has 1 aromatic carbocycles. The van der Waals surface area contributed by atoms with E-state index in [4.69, 9.17) is 21.5 Å². The van der Waals surface area contributed by atoms with Gasteiger partial charge < -0.3 is 9.64 Å². The number of rotatable bonds is 4. The first kappa shape index (κ1) is 16.1. The first-order valence-corrected chi connectivity index (χ1v) is 8.45. The second-order valence-electron chi connectivity index (χ2n) is 5.18. The van der Waals surface area contributed by atoms with Crippen molar-refractivity contribution in [1.82, 2.24) is 0 Å². The molecule has 8 heteroatoms. The van der Waals surface area contributed by atoms with Gasteiger partial charge in [0.15, 0.2) is 0 Å². The average Bonchev–Trinajstić information content (AvgIpc) is 2.70. The molecule has 1 aliphatic heterocycles. The Labute approximate surface area is 128 Å². The Hall–Kier alpha value is -1.31. The summed E-state index contributed by atoms with van der Waals surface area (Å²) in [6, 6.07) is 3.41. The van der Waals surface area contributed by atoms with Crippen molar-refractivity contribution in [3.8, 4) is 5.75 Å². The number of halogens is 1. The van der Waals surface area contributed by atoms with Gasteiger partial charge in [-0.15, -0.1) is 0 Å². The van der Waals surface area contributed by atoms with Gasteiger partial charge in [-0.2, -0.15) is 0 Å². The van der Waals surface area contributed by atoms with E-state index in [0.717, 1.165) is 5.56 Å². The normalized spacial score (nSPS) is 19.1. The van der Waals surface area contributed by atoms with Gasteiger partial charge in [0.1, 0.15) is 5.75 Å². The van der Waals surface area contributed by atoms with Gasteiger partial charge in [0.25, 0.3) is 0 Å². The summed E-state index contributed by atoms with van der Waals surface area (Å²) >= 11 is 6.10. The molecule has 0 saturated carbocycles. The minimum Gasteiger partial charge on any atom is -0.495 e. The summed E-state index contributed by atoms with van der Waals surface area (Å²) < 4.78 is 27.6. The molecule has 6 nitrogen and oxygen atoms in total. The molecular formula is C13H17ClN2O4S. The van der Waals surface area contributed by atoms with E-state index in [0.29, 0.717) is 16.5 Å². The van der Waals surface area contributed by atoms with Crippen molar-refractivity contribution < 1.29 is 17.9 Å². The molecule has 1 aliphatic rings. The molecule has 0 aliphatic carbocycles. The molecule has 0 spiro atoms. The Morgan fingerprint density at radius 2 is 2.14 bits per heavy atom. The number of nitrogens with zero attached hydrogens (tertiary/aromatic N) is 1. The zero-order valence-electron chi connectivity index (χ0n) is 11.8. The number of methoxy groups -OCH3 is 1. The molecule has 1 heterocycles. The summed E-state index contributed by atoms with van der Waals surface area (Å²) in [6.07, 6.45) is 0.144. The number of ether oxygens (including phenoxy) is 1. The number of benzene rings is 1. The van der Waals surface area contributed by atoms with Gasteiger partial charge in [0, 0.05) is 23.9 Å². The van der Waals surface area contributed by atoms with E-state index in [9.17, 15) is 13.2 Å². The fourth-order valence-corrected chi connectivity index (χ4v) is 3.51. The van der Waals surface area contributed by atoms with Crippen LogP contribution in [0.2, 0.25) is 5.02 Å². The van der Waals surface area contributed by atoms with Gasteiger partial charge in [-0.1, -0.05) is 11.6 Å². The molecule has 0 bridgehead atoms. The van der Waals surface area contributed by atoms with Gasteiger partial charge in [-0.3, -0.25) is 4.79 Å². The quantitative estimate of drug-likeness (QED) is 0.899. The maximum atomic E-state index is 12.1. The molecule has 2 N–H and O–H groups in total. The maximum absolute atomic E-state index is 12.1. The number of nitrogens with two attached hydrogens (primary N) is 1. The molecule has 1 aromatic rings. The molecule has 1 atom stereocenters. The fraction of sp³-hybridized carbons (Fsp3) is 0.462. The molecule has 0 aromatic heterocycles. The second-order valence-corrected chi connectivity index (χ2v) is 7.24. The van der Waals surface area contributed by atoms with Crippen molar-refractivity contribution in [3.05, 3.63) is 22.7 Å². The minimum atomic E-state index is -3.60. The Kier molecular flexibility index (Phi) is 4.46. The van der Waals surface area contributed by atoms with Crippen LogP contribution in [0.1, 0.15) is 12.0 Å². The first-order chi connectivity index (χ1) is 9.71. The number of carbonyl (C=O) groups excluding carboxylic acids is 1. The van der Waals surface area contributed by atoms with Gasteiger partial charge in [-0.25, -0.2) is 13.6 Å². The summed E-state index contributed by atoms with van der Waals surface area (Å²) in [7, 11) is -2.09. The second kappa shape index (κ2) is 5.82. The maximum Gasteiger partial charge on any atom is 0.227 e. The molecule has 0 radical (unpaired) electrons. The third-order valence-corrected chi connectivity index (χ3v) is 4.77. The molecule has 2 rings (SSSR count). The van der Waals surface area contributed by atoms with E-state index in [-0.39, 0.29) is 30.5 Å². The highest BCUT2D eigenvalue weighted by Crippen LogP contribution is 2.37. The van der Waals surface area contributed by atoms with Crippen LogP contribution in [0.25, 0.3) is 0 Å². The van der Waals surface area contributed by atoms with Crippen LogP contribution in [0.5, 0.6) is 5.75 Å². The number of sulfonamides is 1. The van der Waals surface area contributed by atoms with Crippen LogP contribution in [0, 0.1) is 12.8 Å². The number of hydrogen-bond donors (Lipinski definition) is 1. The van der Waals surface area contributed by atoms with Crippen LogP contribution in [-0.2, 0) is 14.8 Å². The van der Waals surface area contributed by atoms with Crippen LogP contribution >= 0.6 is 11.6 Å². The summed E-state index contributed by atoms with van der Waals surface area (Å²) in [5.41, 5.74) is 1.39. The fourth-order valence-electron chi connectivity index (χ4n) is 2.47. The zero-order chi connectivity index (χ0) is 15.8. The predicted octanol–water partition coefficient (Wildman–Crippen LogP) is 1.30. The highest BCUT2D eigenvalue weighted by molar-refractivity contribution is 7.89. The molecule has 21 heavy (non-hydrogen) atoms. The van der Waals surface area contributed by atoms with Crippen LogP contribution in [0.3, 0.4) is 0 Å². The van der Waals surface area contributed by atoms with E-state index < -0.39 is 10.0 Å². The lowest BCUT2D eigenvalue weighted by molar-refractivity contribution is -0.117. The van der Waals surface area contributed by atoms with Crippen molar-refractivity contribution in [1.29, 1.82) is 0 Å². The summed E-state index contributed by atoms with van der Waals surface area (Å²) in [5, 5.41) is 5.56. The topological polar surface area (TPSA) is 89.7 Å². The highest BCUT2D eigenvalue weighted by atomic mass is 35.5. The lowest BCUT2D eigenvalue weighted by atomic mass is 10.1. The minimum absolute atomic E-state index is 0.144. The van der Waals surface area contributed by atoms with E-state index in [1.165, 1.54) is 12.0 Å². The third kappa shape index (κ3) is 3.66. The Morgan fingerprint density at radius 1 is 1.48 bits per heavy atom. The number of amides is 1. The largest absolute Gasteiger partial charge is 0.495 e. The summed E-state index contributed by atoms with van der Waals surface area (Å²) in [4.78, 5) is 13.6. The van der Waals surface area contributed by atoms with Gasteiger partial charge in [0.2, 0.25) is 15.9 Å². The Bertz CT molecular complexity index is 675. The lowest BCUT2D eigenvalue weighted by Crippen LogP contribution is -2.27. The number of primary sulfonamides is 1. The smallest absolute Gasteiger partial charge is 0.227 e. The highest BCUT2D eigenvalue weighted by Gasteiger charge is 2.34. The molecule has 116 valence electrons. The van der Waals surface area contributed by atoms with Crippen molar-refractivity contribution in [3.63, 3.8) is 0 Å². The molecule has 1 unspecified atom stereocenters. The Balaban J connectivity index is 2.31. The average molecular weight is 333 g/mol. The van der Waals surface area contributed by atoms with Crippen LogP contribution in [0.15, 0.2) is 12.1 Å². The SMILES string of the molecule is COc1cc(C)c(Cl)cc1N1CC(CS(N)(=O)=O)CC1=O. The Morgan fingerprint density at radius 3 is 2.71 bits per heavy atom. The molecule has 1 saturated heterocycles. The molecular weight excluding hydrogens is 316 g/mol. The standard InChI is InChI=1S/C13H17ClN2O4S/c1-8-3-12(20-2)11(5-10(8)14)16-6-9(4-13(16)17)7-21(15,18)19/h3,5,9H,4,6-7H2,1-2H3,(H2,15,18,19). The third-order valence-electron chi connectivity index (χ3n) is 3.42. The van der Waals surface area contributed by atoms with E-state index >= 15 is 0 Å². The van der Waals surface area contributed by atoms with Crippen LogP contribution < -0.4 is 14.8 Å². The number of aryl methyl sites for hydroxylation is 1. The monoisotopic (exact) mass is 332 g/mol. The van der Waals surface area contributed by atoms with Crippen LogP contribution in [0.4, 0.5) is 5.69 Å². The van der Waals surface area contributed by atoms with Gasteiger partial charge in [0.05, 0.1) is 18.6 Å². The van der Waals surface area contributed by atoms with E-state index in [2.05, 4.69) is 0 Å². The van der Waals surface area contributed by atoms with Gasteiger partial charge >= 0.3 is 0 Å². The van der Waals surface area contributed by atoms with Crippen molar-refractivity contribution >= 4 is 33.2 Å². The lowest BCUT2D eigenvalue weighted by Gasteiger charge is -2.20. The van der Waals surface area contributed by atoms with Crippen molar-refractivity contribution in [2.75, 3.05) is 24.3 Å². The zero-order valence-corrected chi connectivity index (χ0v) is 13.4. The van der Waals surface area contributed by atoms with Crippen molar-refractivity contribution in [2.45, 2.75) is 13.3 Å². The van der Waals surface area contributed by atoms with Crippen molar-refractivity contribution in [2.24, 2.45) is 11.1 Å². The predicted molar refractivity (Wildman–Crippen MR) is 81.2 cm³/mol. The number of anilines is 1. The summed E-state index contributed by atoms with van der Waals surface area (Å²) in [6.45, 7) is 2.12.